The van der Waals surface area contributed by atoms with Gasteiger partial charge in [-0.3, -0.25) is 4.99 Å². The van der Waals surface area contributed by atoms with Crippen LogP contribution in [0.4, 0.5) is 5.69 Å². The third kappa shape index (κ3) is 4.11. The molecule has 148 valence electrons. The highest BCUT2D eigenvalue weighted by molar-refractivity contribution is 7.99. The molecule has 1 atom stereocenters. The largest absolute Gasteiger partial charge is 0.504 e. The molecule has 0 saturated carbocycles. The van der Waals surface area contributed by atoms with Crippen molar-refractivity contribution >= 4 is 46.4 Å². The van der Waals surface area contributed by atoms with Gasteiger partial charge in [0.1, 0.15) is 0 Å². The van der Waals surface area contributed by atoms with Crippen LogP contribution in [-0.4, -0.2) is 17.9 Å². The number of aryl methyl sites for hydroxylation is 1. The summed E-state index contributed by atoms with van der Waals surface area (Å²) in [6, 6.07) is 17.1. The fourth-order valence-electron chi connectivity index (χ4n) is 3.40. The highest BCUT2D eigenvalue weighted by Crippen LogP contribution is 2.48. The minimum atomic E-state index is 0.0809. The molecule has 0 fully saturated rings. The van der Waals surface area contributed by atoms with Gasteiger partial charge in [-0.1, -0.05) is 47.5 Å². The van der Waals surface area contributed by atoms with E-state index in [4.69, 9.17) is 32.9 Å². The van der Waals surface area contributed by atoms with Crippen LogP contribution in [0.15, 0.2) is 64.5 Å². The summed E-state index contributed by atoms with van der Waals surface area (Å²) < 4.78 is 5.32. The molecule has 0 radical (unpaired) electrons. The molecule has 0 spiro atoms. The Kier molecular flexibility index (Phi) is 5.77. The summed E-state index contributed by atoms with van der Waals surface area (Å²) in [6.07, 6.45) is 0.675. The van der Waals surface area contributed by atoms with E-state index < -0.39 is 0 Å². The Morgan fingerprint density at radius 1 is 1.10 bits per heavy atom. The quantitative estimate of drug-likeness (QED) is 0.459. The Labute approximate surface area is 184 Å². The standard InChI is InChI=1S/C23H19Cl2NO2S/c1-13-4-3-5-18-23(13)29-22(14-6-9-20(27)21(10-14)28-2)12-19(26-18)16-8-7-15(24)11-17(16)25/h3-11,22,27H,12H2,1-2H3. The van der Waals surface area contributed by atoms with Crippen molar-refractivity contribution in [2.45, 2.75) is 23.5 Å². The summed E-state index contributed by atoms with van der Waals surface area (Å²) >= 11 is 14.4. The van der Waals surface area contributed by atoms with Gasteiger partial charge in [0, 0.05) is 27.2 Å². The van der Waals surface area contributed by atoms with Gasteiger partial charge in [0.05, 0.1) is 23.5 Å². The van der Waals surface area contributed by atoms with E-state index in [0.29, 0.717) is 22.2 Å². The Morgan fingerprint density at radius 2 is 1.93 bits per heavy atom. The molecule has 3 nitrogen and oxygen atoms in total. The van der Waals surface area contributed by atoms with Gasteiger partial charge in [-0.25, -0.2) is 0 Å². The number of aliphatic imine (C=N–C) groups is 1. The van der Waals surface area contributed by atoms with Crippen LogP contribution < -0.4 is 4.74 Å². The zero-order valence-electron chi connectivity index (χ0n) is 15.9. The van der Waals surface area contributed by atoms with Crippen molar-refractivity contribution in [3.05, 3.63) is 81.3 Å². The lowest BCUT2D eigenvalue weighted by Crippen LogP contribution is -2.06. The van der Waals surface area contributed by atoms with E-state index in [1.165, 1.54) is 5.56 Å². The lowest BCUT2D eigenvalue weighted by Gasteiger charge is -2.18. The molecule has 0 aliphatic carbocycles. The van der Waals surface area contributed by atoms with E-state index in [9.17, 15) is 5.11 Å². The highest BCUT2D eigenvalue weighted by atomic mass is 35.5. The molecule has 3 aromatic rings. The van der Waals surface area contributed by atoms with Crippen LogP contribution in [0.25, 0.3) is 0 Å². The fraction of sp³-hybridized carbons (Fsp3) is 0.174. The summed E-state index contributed by atoms with van der Waals surface area (Å²) in [5.74, 6) is 0.585. The van der Waals surface area contributed by atoms with E-state index >= 15 is 0 Å². The van der Waals surface area contributed by atoms with Gasteiger partial charge in [0.25, 0.3) is 0 Å². The summed E-state index contributed by atoms with van der Waals surface area (Å²) in [7, 11) is 1.55. The molecule has 1 aliphatic heterocycles. The molecule has 1 aliphatic rings. The number of ether oxygens (including phenoxy) is 1. The molecule has 4 rings (SSSR count). The average molecular weight is 444 g/mol. The van der Waals surface area contributed by atoms with Gasteiger partial charge in [-0.05, 0) is 48.4 Å². The molecule has 1 unspecified atom stereocenters. The highest BCUT2D eigenvalue weighted by Gasteiger charge is 2.25. The van der Waals surface area contributed by atoms with Gasteiger partial charge < -0.3 is 9.84 Å². The summed E-state index contributed by atoms with van der Waals surface area (Å²) in [4.78, 5) is 6.13. The molecule has 1 N–H and O–H groups in total. The zero-order valence-corrected chi connectivity index (χ0v) is 18.3. The first-order valence-corrected chi connectivity index (χ1v) is 10.8. The number of hydrogen-bond donors (Lipinski definition) is 1. The van der Waals surface area contributed by atoms with Crippen LogP contribution in [-0.2, 0) is 0 Å². The second kappa shape index (κ2) is 8.31. The summed E-state index contributed by atoms with van der Waals surface area (Å²) in [6.45, 7) is 2.09. The second-order valence-corrected chi connectivity index (χ2v) is 8.90. The Morgan fingerprint density at radius 3 is 2.69 bits per heavy atom. The Hall–Kier alpha value is -2.14. The first kappa shape index (κ1) is 20.1. The van der Waals surface area contributed by atoms with Gasteiger partial charge in [0.2, 0.25) is 0 Å². The number of benzene rings is 3. The number of rotatable bonds is 3. The van der Waals surface area contributed by atoms with Crippen LogP contribution in [0.3, 0.4) is 0 Å². The van der Waals surface area contributed by atoms with Crippen LogP contribution in [0.5, 0.6) is 11.5 Å². The third-order valence-corrected chi connectivity index (χ3v) is 6.94. The van der Waals surface area contributed by atoms with Gasteiger partial charge in [-0.15, -0.1) is 11.8 Å². The Balaban J connectivity index is 1.85. The molecule has 1 heterocycles. The smallest absolute Gasteiger partial charge is 0.160 e. The molecule has 6 heteroatoms. The minimum absolute atomic E-state index is 0.0809. The van der Waals surface area contributed by atoms with Crippen molar-refractivity contribution in [2.24, 2.45) is 4.99 Å². The van der Waals surface area contributed by atoms with Crippen molar-refractivity contribution in [3.8, 4) is 11.5 Å². The van der Waals surface area contributed by atoms with Gasteiger partial charge >= 0.3 is 0 Å². The molecule has 0 aromatic heterocycles. The minimum Gasteiger partial charge on any atom is -0.504 e. The van der Waals surface area contributed by atoms with Crippen LogP contribution in [0.1, 0.15) is 28.4 Å². The van der Waals surface area contributed by atoms with E-state index in [1.54, 1.807) is 31.0 Å². The monoisotopic (exact) mass is 443 g/mol. The van der Waals surface area contributed by atoms with Crippen molar-refractivity contribution in [2.75, 3.05) is 7.11 Å². The van der Waals surface area contributed by atoms with E-state index in [2.05, 4.69) is 13.0 Å². The maximum Gasteiger partial charge on any atom is 0.160 e. The first-order chi connectivity index (χ1) is 14.0. The van der Waals surface area contributed by atoms with Crippen LogP contribution >= 0.6 is 35.0 Å². The van der Waals surface area contributed by atoms with Crippen LogP contribution in [0, 0.1) is 6.92 Å². The normalized spacial score (nSPS) is 16.0. The molecule has 3 aromatic carbocycles. The van der Waals surface area contributed by atoms with Gasteiger partial charge in [0.15, 0.2) is 11.5 Å². The zero-order chi connectivity index (χ0) is 20.5. The van der Waals surface area contributed by atoms with E-state index in [-0.39, 0.29) is 11.0 Å². The van der Waals surface area contributed by atoms with Crippen LogP contribution in [0.2, 0.25) is 10.0 Å². The molecular formula is C23H19Cl2NO2S. The van der Waals surface area contributed by atoms with Crippen molar-refractivity contribution in [3.63, 3.8) is 0 Å². The predicted octanol–water partition coefficient (Wildman–Crippen LogP) is 7.37. The second-order valence-electron chi connectivity index (χ2n) is 6.85. The number of methoxy groups -OCH3 is 1. The summed E-state index contributed by atoms with van der Waals surface area (Å²) in [5.41, 5.74) is 4.94. The topological polar surface area (TPSA) is 41.8 Å². The maximum absolute atomic E-state index is 10.00. The number of thioether (sulfide) groups is 1. The molecule has 0 bridgehead atoms. The predicted molar refractivity (Wildman–Crippen MR) is 122 cm³/mol. The first-order valence-electron chi connectivity index (χ1n) is 9.12. The molecule has 0 saturated heterocycles. The number of hydrogen-bond acceptors (Lipinski definition) is 4. The average Bonchev–Trinajstić information content (AvgIpc) is 2.89. The molecule has 0 amide bonds. The number of aromatic hydroxyl groups is 1. The molecular weight excluding hydrogens is 425 g/mol. The number of fused-ring (bicyclic) bond motifs is 1. The summed E-state index contributed by atoms with van der Waals surface area (Å²) in [5, 5.41) is 11.3. The Bertz CT molecular complexity index is 1110. The number of phenolic OH excluding ortho intramolecular Hbond substituents is 1. The molecule has 29 heavy (non-hydrogen) atoms. The van der Waals surface area contributed by atoms with Crippen molar-refractivity contribution < 1.29 is 9.84 Å². The van der Waals surface area contributed by atoms with E-state index in [1.807, 2.05) is 36.4 Å². The maximum atomic E-state index is 10.00. The lowest BCUT2D eigenvalue weighted by molar-refractivity contribution is 0.373. The van der Waals surface area contributed by atoms with Gasteiger partial charge in [-0.2, -0.15) is 0 Å². The van der Waals surface area contributed by atoms with Crippen molar-refractivity contribution in [1.82, 2.24) is 0 Å². The van der Waals surface area contributed by atoms with E-state index in [0.717, 1.165) is 27.4 Å². The van der Waals surface area contributed by atoms with Crippen molar-refractivity contribution in [1.29, 1.82) is 0 Å². The third-order valence-electron chi connectivity index (χ3n) is 4.90. The lowest BCUT2D eigenvalue weighted by atomic mass is 10.0. The number of nitrogens with zero attached hydrogens (tertiary/aromatic N) is 1. The number of halogens is 2. The SMILES string of the molecule is COc1cc(C2CC(c3ccc(Cl)cc3Cl)=Nc3cccc(C)c3S2)ccc1O. The fourth-order valence-corrected chi connectivity index (χ4v) is 5.22. The number of phenols is 1.